The van der Waals surface area contributed by atoms with Gasteiger partial charge in [0.05, 0.1) is 0 Å². The molecule has 112 valence electrons. The molecule has 1 unspecified atom stereocenters. The molecular formula is C16H18O4S. The van der Waals surface area contributed by atoms with E-state index in [-0.39, 0.29) is 24.0 Å². The number of Topliss-reactive ketones (excluding diaryl/α,β-unsaturated/α-hetero) is 1. The van der Waals surface area contributed by atoms with Crippen molar-refractivity contribution < 1.29 is 19.4 Å². The Labute approximate surface area is 127 Å². The lowest BCUT2D eigenvalue weighted by Crippen LogP contribution is -2.59. The van der Waals surface area contributed by atoms with E-state index in [0.29, 0.717) is 6.42 Å². The number of carbonyl (C=O) groups is 1. The maximum absolute atomic E-state index is 12.4. The minimum atomic E-state index is -1.29. The highest BCUT2D eigenvalue weighted by atomic mass is 32.2. The highest BCUT2D eigenvalue weighted by molar-refractivity contribution is 7.99. The Hall–Kier alpha value is -0.880. The third kappa shape index (κ3) is 1.99. The lowest BCUT2D eigenvalue weighted by atomic mass is 9.70. The van der Waals surface area contributed by atoms with E-state index in [9.17, 15) is 9.90 Å². The van der Waals surface area contributed by atoms with Gasteiger partial charge in [0.25, 0.3) is 0 Å². The summed E-state index contributed by atoms with van der Waals surface area (Å²) in [6.45, 7) is 1.79. The van der Waals surface area contributed by atoms with Gasteiger partial charge in [0.15, 0.2) is 12.1 Å². The van der Waals surface area contributed by atoms with Gasteiger partial charge in [-0.3, -0.25) is 4.79 Å². The molecule has 0 amide bonds. The number of hydrogen-bond acceptors (Lipinski definition) is 5. The summed E-state index contributed by atoms with van der Waals surface area (Å²) in [5.41, 5.74) is -0.878. The first kappa shape index (κ1) is 13.8. The van der Waals surface area contributed by atoms with E-state index in [2.05, 4.69) is 12.1 Å². The standard InChI is InChI=1S/C16H18O4S/c1-15-8-13(17)11-7-16(15,18)20-14(19-15)12(11)9-21-10-5-3-2-4-6-10/h2-6,11-12,14,18H,7-9H2,1H3/t11-,12?,14+,15+,16-/m1/s1. The SMILES string of the molecule is C[C@]12CC(=O)[C@@H]3C[C@@]1(O)O[C@H](O2)C3CSc1ccccc1. The number of thioether (sulfide) groups is 1. The lowest BCUT2D eigenvalue weighted by Gasteiger charge is -2.45. The molecule has 1 aromatic rings. The number of carbonyl (C=O) groups excluding carboxylic acids is 1. The molecule has 0 radical (unpaired) electrons. The van der Waals surface area contributed by atoms with Crippen molar-refractivity contribution in [3.63, 3.8) is 0 Å². The minimum absolute atomic E-state index is 0.00676. The highest BCUT2D eigenvalue weighted by Crippen LogP contribution is 2.56. The average molecular weight is 306 g/mol. The molecule has 1 aliphatic carbocycles. The molecule has 4 nitrogen and oxygen atoms in total. The molecule has 5 heteroatoms. The van der Waals surface area contributed by atoms with Crippen LogP contribution in [0.4, 0.5) is 0 Å². The van der Waals surface area contributed by atoms with Crippen LogP contribution in [0.1, 0.15) is 19.8 Å². The maximum Gasteiger partial charge on any atom is 0.198 e. The quantitative estimate of drug-likeness (QED) is 0.868. The third-order valence-electron chi connectivity index (χ3n) is 4.99. The molecule has 1 N–H and O–H groups in total. The second-order valence-corrected chi connectivity index (χ2v) is 7.45. The molecule has 2 heterocycles. The summed E-state index contributed by atoms with van der Waals surface area (Å²) in [7, 11) is 0. The lowest BCUT2D eigenvalue weighted by molar-refractivity contribution is -0.266. The monoisotopic (exact) mass is 306 g/mol. The van der Waals surface area contributed by atoms with Crippen molar-refractivity contribution in [2.75, 3.05) is 5.75 Å². The van der Waals surface area contributed by atoms with E-state index in [1.807, 2.05) is 18.2 Å². The van der Waals surface area contributed by atoms with Crippen molar-refractivity contribution >= 4 is 17.5 Å². The van der Waals surface area contributed by atoms with Crippen LogP contribution in [0.5, 0.6) is 0 Å². The van der Waals surface area contributed by atoms with Crippen LogP contribution >= 0.6 is 11.8 Å². The van der Waals surface area contributed by atoms with Gasteiger partial charge < -0.3 is 14.6 Å². The van der Waals surface area contributed by atoms with Crippen LogP contribution in [0.25, 0.3) is 0 Å². The zero-order valence-electron chi connectivity index (χ0n) is 11.8. The van der Waals surface area contributed by atoms with Gasteiger partial charge in [0.1, 0.15) is 11.4 Å². The smallest absolute Gasteiger partial charge is 0.198 e. The summed E-state index contributed by atoms with van der Waals surface area (Å²) >= 11 is 1.71. The predicted molar refractivity (Wildman–Crippen MR) is 77.7 cm³/mol. The Morgan fingerprint density at radius 1 is 1.33 bits per heavy atom. The van der Waals surface area contributed by atoms with Crippen LogP contribution in [0.3, 0.4) is 0 Å². The van der Waals surface area contributed by atoms with Crippen LogP contribution in [0, 0.1) is 11.8 Å². The largest absolute Gasteiger partial charge is 0.363 e. The Balaban J connectivity index is 1.56. The summed E-state index contributed by atoms with van der Waals surface area (Å²) in [4.78, 5) is 13.5. The van der Waals surface area contributed by atoms with Gasteiger partial charge in [-0.15, -0.1) is 11.8 Å². The van der Waals surface area contributed by atoms with Gasteiger partial charge in [-0.1, -0.05) is 18.2 Å². The molecule has 1 saturated carbocycles. The second kappa shape index (κ2) is 4.56. The first-order valence-electron chi connectivity index (χ1n) is 7.29. The van der Waals surface area contributed by atoms with Gasteiger partial charge in [-0.2, -0.15) is 0 Å². The summed E-state index contributed by atoms with van der Waals surface area (Å²) in [6, 6.07) is 10.1. The molecule has 3 bridgehead atoms. The van der Waals surface area contributed by atoms with E-state index in [1.165, 1.54) is 4.90 Å². The number of ketones is 1. The van der Waals surface area contributed by atoms with E-state index < -0.39 is 17.7 Å². The van der Waals surface area contributed by atoms with Crippen molar-refractivity contribution in [3.8, 4) is 0 Å². The molecular weight excluding hydrogens is 288 g/mol. The molecule has 0 spiro atoms. The van der Waals surface area contributed by atoms with E-state index >= 15 is 0 Å². The van der Waals surface area contributed by atoms with E-state index in [0.717, 1.165) is 5.75 Å². The fourth-order valence-electron chi connectivity index (χ4n) is 3.67. The Morgan fingerprint density at radius 2 is 2.10 bits per heavy atom. The Morgan fingerprint density at radius 3 is 2.86 bits per heavy atom. The van der Waals surface area contributed by atoms with Crippen LogP contribution < -0.4 is 0 Å². The predicted octanol–water partition coefficient (Wildman–Crippen LogP) is 2.21. The Kier molecular flexibility index (Phi) is 2.99. The van der Waals surface area contributed by atoms with Gasteiger partial charge in [-0.05, 0) is 19.1 Å². The second-order valence-electron chi connectivity index (χ2n) is 6.36. The zero-order chi connectivity index (χ0) is 14.7. The van der Waals surface area contributed by atoms with Gasteiger partial charge >= 0.3 is 0 Å². The number of fused-ring (bicyclic) bond motifs is 2. The summed E-state index contributed by atoms with van der Waals surface area (Å²) in [5.74, 6) is -0.471. The minimum Gasteiger partial charge on any atom is -0.363 e. The van der Waals surface area contributed by atoms with Crippen molar-refractivity contribution in [1.82, 2.24) is 0 Å². The first-order chi connectivity index (χ1) is 10.0. The van der Waals surface area contributed by atoms with Crippen molar-refractivity contribution in [1.29, 1.82) is 0 Å². The fraction of sp³-hybridized carbons (Fsp3) is 0.562. The maximum atomic E-state index is 12.4. The summed E-state index contributed by atoms with van der Waals surface area (Å²) < 4.78 is 11.7. The van der Waals surface area contributed by atoms with Crippen LogP contribution in [0.2, 0.25) is 0 Å². The zero-order valence-corrected chi connectivity index (χ0v) is 12.6. The normalized spacial score (nSPS) is 44.3. The van der Waals surface area contributed by atoms with Crippen LogP contribution in [-0.4, -0.2) is 34.3 Å². The molecule has 1 aromatic carbocycles. The molecule has 2 saturated heterocycles. The van der Waals surface area contributed by atoms with Crippen molar-refractivity contribution in [2.24, 2.45) is 11.8 Å². The number of ether oxygens (including phenoxy) is 2. The van der Waals surface area contributed by atoms with Crippen molar-refractivity contribution in [3.05, 3.63) is 30.3 Å². The van der Waals surface area contributed by atoms with Gasteiger partial charge in [0, 0.05) is 35.3 Å². The number of rotatable bonds is 3. The van der Waals surface area contributed by atoms with Crippen LogP contribution in [0.15, 0.2) is 35.2 Å². The van der Waals surface area contributed by atoms with Gasteiger partial charge in [0.2, 0.25) is 0 Å². The van der Waals surface area contributed by atoms with Gasteiger partial charge in [-0.25, -0.2) is 0 Å². The highest BCUT2D eigenvalue weighted by Gasteiger charge is 2.69. The third-order valence-corrected chi connectivity index (χ3v) is 6.14. The number of aliphatic hydroxyl groups is 1. The summed E-state index contributed by atoms with van der Waals surface area (Å²) in [6.07, 6.45) is 0.136. The fourth-order valence-corrected chi connectivity index (χ4v) is 4.79. The Bertz CT molecular complexity index is 577. The topological polar surface area (TPSA) is 55.8 Å². The van der Waals surface area contributed by atoms with Crippen molar-refractivity contribution in [2.45, 2.75) is 42.3 Å². The molecule has 5 atom stereocenters. The molecule has 3 fully saturated rings. The molecule has 0 aromatic heterocycles. The average Bonchev–Trinajstić information content (AvgIpc) is 2.61. The number of benzene rings is 1. The molecule has 2 aliphatic heterocycles. The molecule has 21 heavy (non-hydrogen) atoms. The molecule has 4 rings (SSSR count). The number of hydrogen-bond donors (Lipinski definition) is 1. The van der Waals surface area contributed by atoms with Crippen LogP contribution in [-0.2, 0) is 14.3 Å². The summed E-state index contributed by atoms with van der Waals surface area (Å²) in [5, 5.41) is 10.6. The first-order valence-corrected chi connectivity index (χ1v) is 8.28. The van der Waals surface area contributed by atoms with E-state index in [4.69, 9.17) is 9.47 Å². The van der Waals surface area contributed by atoms with E-state index in [1.54, 1.807) is 18.7 Å². The molecule has 3 aliphatic rings.